The van der Waals surface area contributed by atoms with E-state index in [9.17, 15) is 52.7 Å². The molecule has 6 bridgehead atoms. The maximum absolute atomic E-state index is 14.5. The molecule has 10 aromatic rings. The van der Waals surface area contributed by atoms with Crippen LogP contribution >= 0.6 is 25.4 Å². The summed E-state index contributed by atoms with van der Waals surface area (Å²) >= 11 is 2.84. The number of aryl methyl sites for hydroxylation is 4. The molecule has 0 atom stereocenters. The predicted octanol–water partition coefficient (Wildman–Crippen LogP) is 18.6. The van der Waals surface area contributed by atoms with E-state index >= 15 is 0 Å². The quantitative estimate of drug-likeness (QED) is 0.111. The molecule has 0 N–H and O–H groups in total. The third-order valence-corrected chi connectivity index (χ3v) is 30.0. The number of halogens is 14. The van der Waals surface area contributed by atoms with Gasteiger partial charge in [0.15, 0.2) is 0 Å². The Kier molecular flexibility index (Phi) is 13.9. The summed E-state index contributed by atoms with van der Waals surface area (Å²) < 4.78 is 203. The van der Waals surface area contributed by atoms with Crippen molar-refractivity contribution in [3.05, 3.63) is 223 Å². The van der Waals surface area contributed by atoms with Gasteiger partial charge in [0.25, 0.3) is 0 Å². The number of nitrogens with zero attached hydrogens (tertiary/aromatic N) is 8. The molecule has 0 spiro atoms. The molecule has 6 heterocycles. The van der Waals surface area contributed by atoms with Crippen molar-refractivity contribution in [3.63, 3.8) is 0 Å². The summed E-state index contributed by atoms with van der Waals surface area (Å²) in [5.41, 5.74) is -2.33. The second kappa shape index (κ2) is 21.2. The minimum atomic E-state index is -5.58. The van der Waals surface area contributed by atoms with Gasteiger partial charge in [-0.1, -0.05) is 0 Å². The van der Waals surface area contributed by atoms with E-state index in [2.05, 4.69) is 25.4 Å². The van der Waals surface area contributed by atoms with Gasteiger partial charge in [-0.25, -0.2) is 0 Å². The van der Waals surface area contributed by atoms with Crippen molar-refractivity contribution in [1.29, 1.82) is 0 Å². The van der Waals surface area contributed by atoms with Gasteiger partial charge in [0.2, 0.25) is 0 Å². The van der Waals surface area contributed by atoms with Gasteiger partial charge in [0.05, 0.1) is 0 Å². The van der Waals surface area contributed by atoms with Gasteiger partial charge in [-0.05, 0) is 0 Å². The molecule has 12 nitrogen and oxygen atoms in total. The molecule has 0 saturated carbocycles. The average molecular weight is 1490 g/mol. The molecule has 4 aliphatic heterocycles. The van der Waals surface area contributed by atoms with Gasteiger partial charge >= 0.3 is 525 Å². The number of ether oxygens (including phenoxy) is 4. The van der Waals surface area contributed by atoms with Gasteiger partial charge in [-0.2, -0.15) is 0 Å². The van der Waals surface area contributed by atoms with E-state index in [1.54, 1.807) is 48.0 Å². The Balaban J connectivity index is 1.13. The van der Waals surface area contributed by atoms with Crippen LogP contribution in [0.4, 0.5) is 64.3 Å². The van der Waals surface area contributed by atoms with Crippen LogP contribution in [0.1, 0.15) is 66.8 Å². The van der Waals surface area contributed by atoms with Gasteiger partial charge in [-0.15, -0.1) is 0 Å². The number of benzene rings is 8. The first-order chi connectivity index (χ1) is 42.9. The molecule has 4 aliphatic rings. The van der Waals surface area contributed by atoms with E-state index in [4.69, 9.17) is 48.9 Å². The van der Waals surface area contributed by atoms with Crippen molar-refractivity contribution in [2.45, 2.75) is 52.4 Å². The summed E-state index contributed by atoms with van der Waals surface area (Å²) in [6.07, 6.45) is -20.1. The fraction of sp³-hybridized carbons (Fsp3) is 0.125. The molecule has 2 aromatic heterocycles. The number of rotatable bonds is 8. The Bertz CT molecular complexity index is 5070. The van der Waals surface area contributed by atoms with Gasteiger partial charge in [-0.3, -0.25) is 0 Å². The molecular weight excluding hydrogens is 1450 g/mol. The molecule has 0 fully saturated rings. The number of amidine groups is 4. The van der Waals surface area contributed by atoms with Crippen molar-refractivity contribution < 1.29 is 71.6 Å². The fourth-order valence-corrected chi connectivity index (χ4v) is 25.8. The molecule has 0 aliphatic carbocycles. The van der Waals surface area contributed by atoms with E-state index in [1.165, 1.54) is 56.3 Å². The monoisotopic (exact) mass is 1490 g/mol. The first kappa shape index (κ1) is 59.8. The topological polar surface area (TPSA) is 121 Å². The number of hydrogen-bond acceptors (Lipinski definition) is 10. The molecule has 458 valence electrons. The number of alkyl halides is 12. The third kappa shape index (κ3) is 10.6. The van der Waals surface area contributed by atoms with Crippen molar-refractivity contribution in [3.8, 4) is 46.0 Å². The molecule has 14 rings (SSSR count). The number of aliphatic imine (C=N–C) groups is 4. The first-order valence-electron chi connectivity index (χ1n) is 27.2. The Hall–Kier alpha value is -8.76. The number of aromatic nitrogens is 2. The van der Waals surface area contributed by atoms with Crippen LogP contribution < -0.4 is 29.9 Å². The number of fused-ring (bicyclic) bond motifs is 14. The van der Waals surface area contributed by atoms with Crippen LogP contribution in [-0.2, 0) is 24.7 Å². The van der Waals surface area contributed by atoms with Crippen LogP contribution in [0.2, 0.25) is 0 Å². The van der Waals surface area contributed by atoms with Crippen LogP contribution in [0.3, 0.4) is 0 Å². The zero-order chi connectivity index (χ0) is 64.2. The second-order valence-corrected chi connectivity index (χ2v) is 49.1. The van der Waals surface area contributed by atoms with Crippen molar-refractivity contribution in [2.24, 2.45) is 30.0 Å². The summed E-state index contributed by atoms with van der Waals surface area (Å²) in [6.45, 7) is 6.75. The predicted molar refractivity (Wildman–Crippen MR) is 324 cm³/mol. The zero-order valence-electron chi connectivity index (χ0n) is 46.9. The van der Waals surface area contributed by atoms with E-state index in [0.717, 1.165) is 35.4 Å². The Morgan fingerprint density at radius 1 is 0.352 bits per heavy atom. The molecular formula is C64H36Br2F12N8O4Sn. The minimum absolute atomic E-state index is 0.00780. The van der Waals surface area contributed by atoms with E-state index in [1.807, 2.05) is 32.0 Å². The van der Waals surface area contributed by atoms with Crippen molar-refractivity contribution in [2.75, 3.05) is 0 Å². The summed E-state index contributed by atoms with van der Waals surface area (Å²) in [5, 5.41) is 0.736. The van der Waals surface area contributed by atoms with Crippen LogP contribution in [0.15, 0.2) is 176 Å². The fourth-order valence-electron chi connectivity index (χ4n) is 11.4. The second-order valence-electron chi connectivity index (χ2n) is 21.7. The summed E-state index contributed by atoms with van der Waals surface area (Å²) in [6, 6.07) is 31.6. The molecule has 0 unspecified atom stereocenters. The Labute approximate surface area is 522 Å². The van der Waals surface area contributed by atoms with E-state index in [0.29, 0.717) is 29.0 Å². The SMILES string of the molecule is Cc1cc(C)cc(Oc2cccc3c2C2=NC3=Nc3c4c(Oc5cc(C)cc(C(F)(F)F)c5)cccc4c4[n]3[Sn]([Br])([Br])[n]3c(c5cccc(Oc6cc(C)cc(C(F)(F)F)c6)c5c3=NC3=NC(=N4)c4c(Oc5cc(C(F)(F)F)cc(C(F)(F)F)c5)cccc43)=N2)c1. The van der Waals surface area contributed by atoms with E-state index < -0.39 is 67.2 Å². The molecule has 91 heavy (non-hydrogen) atoms. The summed E-state index contributed by atoms with van der Waals surface area (Å²) in [5.74, 6) is -1.34. The number of hydrogen-bond donors (Lipinski definition) is 0. The molecule has 27 heteroatoms. The van der Waals surface area contributed by atoms with Gasteiger partial charge in [0, 0.05) is 0 Å². The van der Waals surface area contributed by atoms with Crippen LogP contribution in [-0.4, -0.2) is 43.4 Å². The van der Waals surface area contributed by atoms with Crippen LogP contribution in [0.25, 0.3) is 21.5 Å². The van der Waals surface area contributed by atoms with Gasteiger partial charge < -0.3 is 0 Å². The third-order valence-electron chi connectivity index (χ3n) is 15.0. The zero-order valence-corrected chi connectivity index (χ0v) is 52.9. The maximum atomic E-state index is 14.5. The molecule has 8 aromatic carbocycles. The van der Waals surface area contributed by atoms with Crippen LogP contribution in [0, 0.1) is 27.7 Å². The first-order valence-corrected chi connectivity index (χ1v) is 42.6. The van der Waals surface area contributed by atoms with Crippen molar-refractivity contribution >= 4 is 96.4 Å². The Morgan fingerprint density at radius 3 is 1.24 bits per heavy atom. The average Bonchev–Trinajstić information content (AvgIpc) is 1.54. The molecule has 0 radical (unpaired) electrons. The van der Waals surface area contributed by atoms with Gasteiger partial charge in [0.1, 0.15) is 0 Å². The van der Waals surface area contributed by atoms with E-state index in [-0.39, 0.29) is 130 Å². The molecule has 0 amide bonds. The molecule has 0 saturated heterocycles. The normalized spacial score (nSPS) is 14.8. The standard InChI is InChI=1S/C64H36F12N8O4.2BrH.Sn/c1-29-17-30(2)21-37(20-29)85-45-13-5-9-41-49(45)57-77-53(41)79-58-51-43(11-7-15-47(51)87-39-23-32(4)19-34(26-39)62(68,69)70)55(81-58)83-60-52-44(12-8-16-48(52)88-40-27-35(63(71,72)73)24-36(28-40)64(74,75)76)56(84-60)82-59-50-42(54(78-57)80-59)10-6-14-46(50)86-38-22-31(3)18-33(25-38)61(65,66)67;;;/h5-28H,1-4H3;2*1H;/q-2;;;+4/p-2. The Morgan fingerprint density at radius 2 is 0.725 bits per heavy atom. The summed E-state index contributed by atoms with van der Waals surface area (Å²) in [4.78, 5) is 31.3. The van der Waals surface area contributed by atoms with Crippen LogP contribution in [0.5, 0.6) is 46.0 Å². The summed E-state index contributed by atoms with van der Waals surface area (Å²) in [7, 11) is 0. The van der Waals surface area contributed by atoms with Crippen molar-refractivity contribution in [1.82, 2.24) is 5.58 Å².